The maximum Gasteiger partial charge on any atom is 0.404 e. The molecule has 0 bridgehead atoms. The second kappa shape index (κ2) is 56.6. The summed E-state index contributed by atoms with van der Waals surface area (Å²) in [6.45, 7) is 0. The number of hydrogen-bond acceptors (Lipinski definition) is 4. The minimum Gasteiger partial charge on any atom is -0.465 e. The van der Waals surface area contributed by atoms with Crippen LogP contribution in [0.1, 0.15) is 0 Å². The first-order valence-electron chi connectivity index (χ1n) is 4.48. The average Bonchev–Trinajstić information content (AvgIpc) is 2.40. The molecule has 0 atom stereocenters. The molecule has 0 aromatic heterocycles. The number of urea groups is 2. The predicted molar refractivity (Wildman–Crippen MR) is 71.4 cm³/mol. The fourth-order valence-electron chi connectivity index (χ4n) is 0. The summed E-state index contributed by atoms with van der Waals surface area (Å²) < 4.78 is 0. The van der Waals surface area contributed by atoms with Crippen molar-refractivity contribution in [3.8, 4) is 0 Å². The maximum atomic E-state index is 9.37. The molecule has 0 fully saturated rings. The molecule has 16 heteroatoms. The van der Waals surface area contributed by atoms with Crippen LogP contribution in [0.3, 0.4) is 0 Å². The van der Waals surface area contributed by atoms with Crippen molar-refractivity contribution in [2.24, 2.45) is 4.99 Å². The van der Waals surface area contributed by atoms with Crippen molar-refractivity contribution < 1.29 is 122 Å². The van der Waals surface area contributed by atoms with Crippen LogP contribution in [0.5, 0.6) is 0 Å². The smallest absolute Gasteiger partial charge is 0.404 e. The number of nitrogens with one attached hydrogen (secondary N) is 5. The number of rotatable bonds is 0. The zero-order valence-electron chi connectivity index (χ0n) is 13.0. The van der Waals surface area contributed by atoms with Crippen LogP contribution in [0, 0.1) is 0 Å². The molecular weight excluding hydrogens is 1190 g/mol. The van der Waals surface area contributed by atoms with E-state index in [1.807, 2.05) is 5.32 Å². The molecule has 0 heterocycles. The Morgan fingerprint density at radius 2 is 1.00 bits per heavy atom. The number of aliphatic imine (C=N–C) groups is 1. The van der Waals surface area contributed by atoms with E-state index in [1.54, 1.807) is 6.01 Å². The van der Waals surface area contributed by atoms with Gasteiger partial charge >= 0.3 is 6.09 Å². The van der Waals surface area contributed by atoms with E-state index in [2.05, 4.69) is 15.6 Å². The first kappa shape index (κ1) is 56.3. The average molecular weight is 1210 g/mol. The van der Waals surface area contributed by atoms with Crippen LogP contribution >= 0.6 is 0 Å². The van der Waals surface area contributed by atoms with Crippen molar-refractivity contribution in [2.75, 3.05) is 28.2 Å². The monoisotopic (exact) mass is 1210 g/mol. The van der Waals surface area contributed by atoms with Gasteiger partial charge in [-0.1, -0.05) is 21.1 Å². The molecule has 0 aromatic rings. The van der Waals surface area contributed by atoms with E-state index in [4.69, 9.17) is 22.0 Å². The Morgan fingerprint density at radius 1 is 0.875 bits per heavy atom. The predicted octanol–water partition coefficient (Wildman–Crippen LogP) is 0.987. The second-order valence-electron chi connectivity index (χ2n) is 2.04. The Bertz CT molecular complexity index is 273. The SMILES string of the molecule is CN=C=[N-].CNC(=O)O.CNC([NH-])=O.CNC([NH-])=O.[Re].[Re].[Re].[Re].[Re]. The van der Waals surface area contributed by atoms with Gasteiger partial charge < -0.3 is 42.9 Å². The molecular formula is C8H18N7O4Re5-3. The van der Waals surface area contributed by atoms with Gasteiger partial charge in [0.25, 0.3) is 0 Å². The van der Waals surface area contributed by atoms with Crippen molar-refractivity contribution >= 4 is 24.2 Å². The number of amides is 5. The normalized spacial score (nSPS) is 4.83. The van der Waals surface area contributed by atoms with Gasteiger partial charge in [0.05, 0.1) is 0 Å². The van der Waals surface area contributed by atoms with Gasteiger partial charge in [-0.15, -0.1) is 0 Å². The van der Waals surface area contributed by atoms with E-state index in [1.165, 1.54) is 28.2 Å². The third kappa shape index (κ3) is 185. The van der Waals surface area contributed by atoms with E-state index in [9.17, 15) is 14.4 Å². The topological polar surface area (TPSA) is 190 Å². The summed E-state index contributed by atoms with van der Waals surface area (Å²) in [5.74, 6) is 0. The molecule has 6 N–H and O–H groups in total. The summed E-state index contributed by atoms with van der Waals surface area (Å²) >= 11 is 0. The summed E-state index contributed by atoms with van der Waals surface area (Å²) in [6.07, 6.45) is -0.995. The Kier molecular flexibility index (Phi) is 133. The van der Waals surface area contributed by atoms with Crippen LogP contribution in [0.4, 0.5) is 14.4 Å². The number of carboxylic acid groups (broad SMARTS) is 1. The Labute approximate surface area is 209 Å². The quantitative estimate of drug-likeness (QED) is 0.264. The van der Waals surface area contributed by atoms with Crippen LogP contribution in [0.15, 0.2) is 4.99 Å². The van der Waals surface area contributed by atoms with Gasteiger partial charge in [0, 0.05) is 109 Å². The Balaban J connectivity index is -0.0000000167. The molecule has 24 heavy (non-hydrogen) atoms. The largest absolute Gasteiger partial charge is 0.465 e. The molecule has 0 aliphatic carbocycles. The second-order valence-corrected chi connectivity index (χ2v) is 2.04. The van der Waals surface area contributed by atoms with Crippen LogP contribution in [0.2, 0.25) is 0 Å². The zero-order chi connectivity index (χ0) is 16.3. The van der Waals surface area contributed by atoms with Gasteiger partial charge in [-0.05, 0) is 0 Å². The van der Waals surface area contributed by atoms with Gasteiger partial charge in [0.2, 0.25) is 0 Å². The van der Waals surface area contributed by atoms with Crippen molar-refractivity contribution in [3.05, 3.63) is 16.9 Å². The molecule has 0 saturated carbocycles. The van der Waals surface area contributed by atoms with E-state index < -0.39 is 18.2 Å². The Hall–Kier alpha value is 0.502. The fraction of sp³-hybridized carbons (Fsp3) is 0.500. The molecule has 0 aliphatic heterocycles. The van der Waals surface area contributed by atoms with Gasteiger partial charge in [0.1, 0.15) is 12.1 Å². The van der Waals surface area contributed by atoms with E-state index >= 15 is 0 Å². The molecule has 0 spiro atoms. The number of carbonyl (C=O) groups excluding carboxylic acids is 2. The molecule has 5 amide bonds. The molecule has 0 rings (SSSR count). The van der Waals surface area contributed by atoms with Gasteiger partial charge in [0.15, 0.2) is 0 Å². The first-order chi connectivity index (χ1) is 8.72. The van der Waals surface area contributed by atoms with Crippen LogP contribution in [0.25, 0.3) is 16.9 Å². The fourth-order valence-corrected chi connectivity index (χ4v) is 0. The molecule has 0 aliphatic rings. The Morgan fingerprint density at radius 3 is 1.00 bits per heavy atom. The van der Waals surface area contributed by atoms with Gasteiger partial charge in [-0.2, -0.15) is 6.01 Å². The molecule has 5 radical (unpaired) electrons. The molecule has 0 unspecified atom stereocenters. The van der Waals surface area contributed by atoms with Crippen molar-refractivity contribution in [1.82, 2.24) is 16.0 Å². The molecule has 0 saturated heterocycles. The third-order valence-corrected chi connectivity index (χ3v) is 0.768. The van der Waals surface area contributed by atoms with Crippen molar-refractivity contribution in [2.45, 2.75) is 0 Å². The van der Waals surface area contributed by atoms with E-state index in [-0.39, 0.29) is 102 Å². The van der Waals surface area contributed by atoms with Crippen LogP contribution < -0.4 is 16.0 Å². The first-order valence-corrected chi connectivity index (χ1v) is 4.48. The summed E-state index contributed by atoms with van der Waals surface area (Å²) in [6, 6.07) is 0.0648. The van der Waals surface area contributed by atoms with Gasteiger partial charge in [-0.25, -0.2) is 4.79 Å². The standard InChI is InChI=1S/2C2H6N2O.C2H3N2.C2H5NO2.5Re/c2*1-4-2(3)5;1-4-2-3;1-3-2(4)5;;;;;/h2*1H3,(H3,3,4,5);1H3;3H,1H3,(H,4,5);;;;;/q;;-1;;;;;;/p-2. The molecule has 0 aromatic carbocycles. The van der Waals surface area contributed by atoms with E-state index in [0.717, 1.165) is 0 Å². The number of nitrogens with zero attached hydrogens (tertiary/aromatic N) is 2. The third-order valence-electron chi connectivity index (χ3n) is 0.768. The van der Waals surface area contributed by atoms with Crippen molar-refractivity contribution in [1.29, 1.82) is 0 Å². The van der Waals surface area contributed by atoms with Gasteiger partial charge in [-0.3, -0.25) is 9.59 Å². The maximum absolute atomic E-state index is 9.37. The molecule has 147 valence electrons. The minimum absolute atomic E-state index is 0. The van der Waals surface area contributed by atoms with Crippen LogP contribution in [-0.2, 0) is 102 Å². The zero-order valence-corrected chi connectivity index (χ0v) is 26.5. The summed E-state index contributed by atoms with van der Waals surface area (Å²) in [5.41, 5.74) is 12.2. The van der Waals surface area contributed by atoms with Crippen LogP contribution in [-0.4, -0.2) is 57.5 Å². The minimum atomic E-state index is -0.995. The van der Waals surface area contributed by atoms with E-state index in [0.29, 0.717) is 0 Å². The van der Waals surface area contributed by atoms with Crippen molar-refractivity contribution in [3.63, 3.8) is 0 Å². The summed E-state index contributed by atoms with van der Waals surface area (Å²) in [7, 11) is 5.62. The number of carbonyl (C=O) groups is 3. The summed E-state index contributed by atoms with van der Waals surface area (Å²) in [4.78, 5) is 31.0. The summed E-state index contributed by atoms with van der Waals surface area (Å²) in [5, 5.41) is 21.1. The molecule has 11 nitrogen and oxygen atoms in total. The number of hydrogen-bond donors (Lipinski definition) is 4.